The quantitative estimate of drug-likeness (QED) is 0.623. The smallest absolute Gasteiger partial charge is 0.177 e. The molecule has 0 bridgehead atoms. The molecule has 2 nitrogen and oxygen atoms in total. The summed E-state index contributed by atoms with van der Waals surface area (Å²) < 4.78 is 1.82. The normalized spacial score (nSPS) is 13.2. The Kier molecular flexibility index (Phi) is 4.25. The van der Waals surface area contributed by atoms with Crippen LogP contribution in [0.2, 0.25) is 0 Å². The first kappa shape index (κ1) is 10.2. The van der Waals surface area contributed by atoms with Crippen molar-refractivity contribution < 1.29 is 0 Å². The van der Waals surface area contributed by atoms with Crippen LogP contribution in [-0.2, 0) is 0 Å². The fourth-order valence-corrected chi connectivity index (χ4v) is 2.85. The molecule has 0 saturated heterocycles. The standard InChI is InChI=1S/C7H12N2S3/c1-3-5(2)4-11-7-9-8-6(10)12-7/h5H,3-4H2,1-2H3,(H,8,10). The van der Waals surface area contributed by atoms with E-state index in [1.807, 2.05) is 0 Å². The molecule has 0 aromatic carbocycles. The first-order valence-corrected chi connectivity index (χ1v) is 6.11. The minimum absolute atomic E-state index is 0.757. The third-order valence-electron chi connectivity index (χ3n) is 1.61. The average Bonchev–Trinajstić information content (AvgIpc) is 2.47. The van der Waals surface area contributed by atoms with E-state index in [2.05, 4.69) is 24.0 Å². The molecule has 68 valence electrons. The van der Waals surface area contributed by atoms with E-state index in [9.17, 15) is 0 Å². The van der Waals surface area contributed by atoms with Gasteiger partial charge in [-0.3, -0.25) is 5.10 Å². The molecule has 0 fully saturated rings. The van der Waals surface area contributed by atoms with Crippen molar-refractivity contribution in [2.75, 3.05) is 5.75 Å². The van der Waals surface area contributed by atoms with Crippen LogP contribution < -0.4 is 0 Å². The average molecular weight is 220 g/mol. The zero-order valence-corrected chi connectivity index (χ0v) is 9.61. The highest BCUT2D eigenvalue weighted by Gasteiger charge is 2.02. The fraction of sp³-hybridized carbons (Fsp3) is 0.714. The number of thioether (sulfide) groups is 1. The van der Waals surface area contributed by atoms with Gasteiger partial charge in [-0.25, -0.2) is 0 Å². The maximum absolute atomic E-state index is 4.93. The minimum Gasteiger partial charge on any atom is -0.257 e. The zero-order chi connectivity index (χ0) is 8.97. The van der Waals surface area contributed by atoms with E-state index in [0.717, 1.165) is 20.0 Å². The fourth-order valence-electron chi connectivity index (χ4n) is 0.609. The van der Waals surface area contributed by atoms with Crippen LogP contribution in [0, 0.1) is 9.87 Å². The number of nitrogens with zero attached hydrogens (tertiary/aromatic N) is 1. The molecule has 12 heavy (non-hydrogen) atoms. The number of rotatable bonds is 4. The molecule has 0 amide bonds. The van der Waals surface area contributed by atoms with E-state index < -0.39 is 0 Å². The zero-order valence-electron chi connectivity index (χ0n) is 7.16. The Hall–Kier alpha value is 0.130. The van der Waals surface area contributed by atoms with Crippen LogP contribution in [0.25, 0.3) is 0 Å². The van der Waals surface area contributed by atoms with E-state index in [1.54, 1.807) is 23.1 Å². The summed E-state index contributed by atoms with van der Waals surface area (Å²) >= 11 is 8.26. The van der Waals surface area contributed by atoms with Crippen LogP contribution >= 0.6 is 35.3 Å². The Morgan fingerprint density at radius 1 is 1.75 bits per heavy atom. The Morgan fingerprint density at radius 3 is 3.00 bits per heavy atom. The van der Waals surface area contributed by atoms with Gasteiger partial charge in [0.2, 0.25) is 0 Å². The minimum atomic E-state index is 0.757. The molecule has 1 aromatic rings. The molecule has 0 aliphatic carbocycles. The highest BCUT2D eigenvalue weighted by molar-refractivity contribution is 8.01. The van der Waals surface area contributed by atoms with E-state index >= 15 is 0 Å². The third kappa shape index (κ3) is 3.25. The van der Waals surface area contributed by atoms with Crippen molar-refractivity contribution in [3.05, 3.63) is 3.95 Å². The largest absolute Gasteiger partial charge is 0.257 e. The van der Waals surface area contributed by atoms with Crippen molar-refractivity contribution in [3.8, 4) is 0 Å². The van der Waals surface area contributed by atoms with Gasteiger partial charge in [-0.1, -0.05) is 43.4 Å². The number of nitrogens with one attached hydrogen (secondary N) is 1. The van der Waals surface area contributed by atoms with Gasteiger partial charge in [0.05, 0.1) is 0 Å². The molecule has 0 saturated carbocycles. The molecule has 0 aliphatic heterocycles. The van der Waals surface area contributed by atoms with Crippen LogP contribution in [0.15, 0.2) is 4.34 Å². The SMILES string of the molecule is CCC(C)CSc1n[nH]c(=S)s1. The molecule has 1 heterocycles. The molecule has 0 aliphatic rings. The summed E-state index contributed by atoms with van der Waals surface area (Å²) in [6.45, 7) is 4.45. The number of aromatic amines is 1. The second kappa shape index (κ2) is 4.99. The van der Waals surface area contributed by atoms with Gasteiger partial charge in [0.1, 0.15) is 0 Å². The molecule has 1 unspecified atom stereocenters. The van der Waals surface area contributed by atoms with Crippen molar-refractivity contribution in [1.29, 1.82) is 0 Å². The summed E-state index contributed by atoms with van der Waals surface area (Å²) in [7, 11) is 0. The second-order valence-electron chi connectivity index (χ2n) is 2.70. The summed E-state index contributed by atoms with van der Waals surface area (Å²) in [6.07, 6.45) is 1.23. The molecular formula is C7H12N2S3. The van der Waals surface area contributed by atoms with Crippen molar-refractivity contribution >= 4 is 35.3 Å². The maximum atomic E-state index is 4.93. The van der Waals surface area contributed by atoms with Crippen molar-refractivity contribution in [1.82, 2.24) is 10.2 Å². The lowest BCUT2D eigenvalue weighted by molar-refractivity contribution is 0.636. The van der Waals surface area contributed by atoms with Gasteiger partial charge in [0, 0.05) is 5.75 Å². The number of hydrogen-bond acceptors (Lipinski definition) is 4. The predicted octanol–water partition coefficient (Wildman–Crippen LogP) is 3.34. The second-order valence-corrected chi connectivity index (χ2v) is 5.64. The van der Waals surface area contributed by atoms with Crippen molar-refractivity contribution in [2.45, 2.75) is 24.6 Å². The van der Waals surface area contributed by atoms with Gasteiger partial charge in [-0.2, -0.15) is 5.10 Å². The Balaban J connectivity index is 2.38. The van der Waals surface area contributed by atoms with E-state index in [4.69, 9.17) is 12.2 Å². The number of aromatic nitrogens is 2. The summed E-state index contributed by atoms with van der Waals surface area (Å²) in [5.74, 6) is 1.89. The Labute approximate surface area is 85.8 Å². The van der Waals surface area contributed by atoms with Gasteiger partial charge in [0.15, 0.2) is 8.29 Å². The van der Waals surface area contributed by atoms with Gasteiger partial charge in [-0.15, -0.1) is 0 Å². The lowest BCUT2D eigenvalue weighted by Gasteiger charge is -2.03. The predicted molar refractivity (Wildman–Crippen MR) is 57.5 cm³/mol. The lowest BCUT2D eigenvalue weighted by Crippen LogP contribution is -1.94. The van der Waals surface area contributed by atoms with E-state index in [1.165, 1.54) is 6.42 Å². The molecule has 5 heteroatoms. The van der Waals surface area contributed by atoms with Crippen LogP contribution in [0.3, 0.4) is 0 Å². The van der Waals surface area contributed by atoms with Gasteiger partial charge >= 0.3 is 0 Å². The van der Waals surface area contributed by atoms with E-state index in [0.29, 0.717) is 0 Å². The molecule has 1 atom stereocenters. The summed E-state index contributed by atoms with van der Waals surface area (Å²) in [6, 6.07) is 0. The van der Waals surface area contributed by atoms with Crippen LogP contribution in [0.4, 0.5) is 0 Å². The van der Waals surface area contributed by atoms with Gasteiger partial charge < -0.3 is 0 Å². The summed E-state index contributed by atoms with van der Waals surface area (Å²) in [5, 5.41) is 6.85. The van der Waals surface area contributed by atoms with Crippen LogP contribution in [0.1, 0.15) is 20.3 Å². The highest BCUT2D eigenvalue weighted by Crippen LogP contribution is 2.23. The topological polar surface area (TPSA) is 28.7 Å². The summed E-state index contributed by atoms with van der Waals surface area (Å²) in [5.41, 5.74) is 0. The summed E-state index contributed by atoms with van der Waals surface area (Å²) in [4.78, 5) is 0. The molecule has 0 spiro atoms. The van der Waals surface area contributed by atoms with Crippen LogP contribution in [0.5, 0.6) is 0 Å². The Morgan fingerprint density at radius 2 is 2.50 bits per heavy atom. The number of hydrogen-bond donors (Lipinski definition) is 1. The molecular weight excluding hydrogens is 208 g/mol. The maximum Gasteiger partial charge on any atom is 0.177 e. The van der Waals surface area contributed by atoms with Gasteiger partial charge in [0.25, 0.3) is 0 Å². The lowest BCUT2D eigenvalue weighted by atomic mass is 10.2. The highest BCUT2D eigenvalue weighted by atomic mass is 32.2. The number of H-pyrrole nitrogens is 1. The molecule has 1 aromatic heterocycles. The molecule has 1 N–H and O–H groups in total. The first-order chi connectivity index (χ1) is 5.72. The van der Waals surface area contributed by atoms with Gasteiger partial charge in [-0.05, 0) is 18.1 Å². The van der Waals surface area contributed by atoms with E-state index in [-0.39, 0.29) is 0 Å². The first-order valence-electron chi connectivity index (χ1n) is 3.90. The third-order valence-corrected chi connectivity index (χ3v) is 4.17. The van der Waals surface area contributed by atoms with Crippen molar-refractivity contribution in [3.63, 3.8) is 0 Å². The van der Waals surface area contributed by atoms with Crippen molar-refractivity contribution in [2.24, 2.45) is 5.92 Å². The Bertz CT molecular complexity index is 278. The monoisotopic (exact) mass is 220 g/mol. The molecule has 0 radical (unpaired) electrons. The molecule has 1 rings (SSSR count). The van der Waals surface area contributed by atoms with Crippen LogP contribution in [-0.4, -0.2) is 16.0 Å².